The zero-order chi connectivity index (χ0) is 22.2. The van der Waals surface area contributed by atoms with Crippen LogP contribution in [0.3, 0.4) is 0 Å². The van der Waals surface area contributed by atoms with Crippen LogP contribution in [0.5, 0.6) is 0 Å². The second kappa shape index (κ2) is 10.9. The van der Waals surface area contributed by atoms with Crippen LogP contribution in [0.1, 0.15) is 29.9 Å². The van der Waals surface area contributed by atoms with Gasteiger partial charge in [0, 0.05) is 58.1 Å². The van der Waals surface area contributed by atoms with Gasteiger partial charge in [0.2, 0.25) is 5.91 Å². The smallest absolute Gasteiger partial charge is 0.225 e. The van der Waals surface area contributed by atoms with Gasteiger partial charge in [0.15, 0.2) is 0 Å². The molecule has 1 saturated heterocycles. The summed E-state index contributed by atoms with van der Waals surface area (Å²) in [6, 6.07) is 16.3. The van der Waals surface area contributed by atoms with Crippen LogP contribution >= 0.6 is 0 Å². The Balaban J connectivity index is 1.28. The normalized spacial score (nSPS) is 18.5. The average Bonchev–Trinajstić information content (AvgIpc) is 3.43. The van der Waals surface area contributed by atoms with Crippen molar-refractivity contribution in [2.45, 2.75) is 25.3 Å². The molecule has 3 aromatic rings. The van der Waals surface area contributed by atoms with E-state index in [-0.39, 0.29) is 17.7 Å². The third kappa shape index (κ3) is 5.95. The third-order valence-electron chi connectivity index (χ3n) is 6.01. The largest absolute Gasteiger partial charge is 0.370 e. The maximum atomic E-state index is 13.1. The number of benzene rings is 1. The predicted molar refractivity (Wildman–Crippen MR) is 126 cm³/mol. The van der Waals surface area contributed by atoms with E-state index in [0.717, 1.165) is 50.4 Å². The van der Waals surface area contributed by atoms with Crippen LogP contribution in [0.4, 0.5) is 5.82 Å². The van der Waals surface area contributed by atoms with E-state index in [0.29, 0.717) is 6.54 Å². The highest BCUT2D eigenvalue weighted by atomic mass is 16.1. The lowest BCUT2D eigenvalue weighted by Gasteiger charge is -2.17. The monoisotopic (exact) mass is 432 g/mol. The summed E-state index contributed by atoms with van der Waals surface area (Å²) in [6.07, 6.45) is 7.64. The predicted octanol–water partition coefficient (Wildman–Crippen LogP) is 3.04. The van der Waals surface area contributed by atoms with E-state index >= 15 is 0 Å². The molecule has 1 aliphatic rings. The van der Waals surface area contributed by atoms with E-state index in [1.54, 1.807) is 6.20 Å². The molecule has 0 spiro atoms. The molecule has 7 heteroatoms. The summed E-state index contributed by atoms with van der Waals surface area (Å²) < 4.78 is 1.82. The summed E-state index contributed by atoms with van der Waals surface area (Å²) in [4.78, 5) is 19.7. The number of hydrogen-bond donors (Lipinski definition) is 2. The van der Waals surface area contributed by atoms with Crippen LogP contribution < -0.4 is 10.6 Å². The van der Waals surface area contributed by atoms with Gasteiger partial charge in [0.25, 0.3) is 0 Å². The molecule has 7 nitrogen and oxygen atoms in total. The summed E-state index contributed by atoms with van der Waals surface area (Å²) in [5.74, 6) is 1.14. The van der Waals surface area contributed by atoms with E-state index in [1.807, 2.05) is 48.4 Å². The highest BCUT2D eigenvalue weighted by Gasteiger charge is 2.38. The number of rotatable bonds is 10. The molecule has 2 N–H and O–H groups in total. The van der Waals surface area contributed by atoms with Gasteiger partial charge in [-0.2, -0.15) is 5.10 Å². The van der Waals surface area contributed by atoms with Gasteiger partial charge in [-0.15, -0.1) is 0 Å². The molecule has 2 atom stereocenters. The van der Waals surface area contributed by atoms with E-state index in [9.17, 15) is 4.79 Å². The number of aryl methyl sites for hydroxylation is 1. The number of amides is 1. The molecule has 0 saturated carbocycles. The van der Waals surface area contributed by atoms with Gasteiger partial charge in [0.1, 0.15) is 5.82 Å². The van der Waals surface area contributed by atoms with Gasteiger partial charge in [-0.3, -0.25) is 14.4 Å². The zero-order valence-electron chi connectivity index (χ0n) is 18.7. The Kier molecular flexibility index (Phi) is 7.51. The fraction of sp³-hybridized carbons (Fsp3) is 0.400. The van der Waals surface area contributed by atoms with Crippen LogP contribution in [0.2, 0.25) is 0 Å². The first kappa shape index (κ1) is 22.0. The standard InChI is InChI=1S/C25H32N6O/c1-30-17-21(15-29-30)22-18-31(16-20-9-3-2-4-10-20)19-23(22)25(32)28-14-8-7-13-27-24-11-5-6-12-26-24/h2-6,9-12,15,17,22-23H,7-8,13-14,16,18-19H2,1H3,(H,26,27)(H,28,32)/t22-,23+/m0/s1. The van der Waals surface area contributed by atoms with Crippen molar-refractivity contribution in [1.82, 2.24) is 25.0 Å². The third-order valence-corrected chi connectivity index (χ3v) is 6.01. The molecule has 1 fully saturated rings. The molecule has 1 aliphatic heterocycles. The topological polar surface area (TPSA) is 75.1 Å². The Labute approximate surface area is 189 Å². The van der Waals surface area contributed by atoms with E-state index in [1.165, 1.54) is 5.56 Å². The first-order valence-corrected chi connectivity index (χ1v) is 11.4. The quantitative estimate of drug-likeness (QED) is 0.482. The molecular formula is C25H32N6O. The first-order chi connectivity index (χ1) is 15.7. The molecule has 2 aromatic heterocycles. The number of anilines is 1. The summed E-state index contributed by atoms with van der Waals surface area (Å²) in [7, 11) is 1.92. The maximum Gasteiger partial charge on any atom is 0.225 e. The van der Waals surface area contributed by atoms with Crippen LogP contribution in [0.15, 0.2) is 67.1 Å². The van der Waals surface area contributed by atoms with Crippen LogP contribution in [-0.2, 0) is 18.4 Å². The number of carbonyl (C=O) groups excluding carboxylic acids is 1. The molecule has 4 rings (SSSR count). The van der Waals surface area contributed by atoms with Gasteiger partial charge in [-0.05, 0) is 36.1 Å². The summed E-state index contributed by atoms with van der Waals surface area (Å²) in [5.41, 5.74) is 2.42. The Hall–Kier alpha value is -3.19. The number of hydrogen-bond acceptors (Lipinski definition) is 5. The first-order valence-electron chi connectivity index (χ1n) is 11.4. The van der Waals surface area contributed by atoms with Gasteiger partial charge in [-0.25, -0.2) is 4.98 Å². The second-order valence-electron chi connectivity index (χ2n) is 8.48. The Morgan fingerprint density at radius 3 is 2.62 bits per heavy atom. The molecule has 0 radical (unpaired) electrons. The van der Waals surface area contributed by atoms with E-state index < -0.39 is 0 Å². The lowest BCUT2D eigenvalue weighted by atomic mass is 9.90. The minimum Gasteiger partial charge on any atom is -0.370 e. The molecule has 0 aliphatic carbocycles. The van der Waals surface area contributed by atoms with E-state index in [4.69, 9.17) is 0 Å². The Bertz CT molecular complexity index is 974. The fourth-order valence-corrected chi connectivity index (χ4v) is 4.37. The maximum absolute atomic E-state index is 13.1. The van der Waals surface area contributed by atoms with Gasteiger partial charge in [0.05, 0.1) is 12.1 Å². The summed E-state index contributed by atoms with van der Waals surface area (Å²) in [5, 5.41) is 10.8. The van der Waals surface area contributed by atoms with Gasteiger partial charge in [-0.1, -0.05) is 36.4 Å². The molecule has 0 bridgehead atoms. The number of unbranched alkanes of at least 4 members (excludes halogenated alkanes) is 1. The van der Waals surface area contributed by atoms with Crippen molar-refractivity contribution < 1.29 is 4.79 Å². The van der Waals surface area contributed by atoms with Crippen molar-refractivity contribution in [2.75, 3.05) is 31.5 Å². The average molecular weight is 433 g/mol. The van der Waals surface area contributed by atoms with Crippen molar-refractivity contribution in [3.05, 3.63) is 78.2 Å². The molecule has 1 amide bonds. The van der Waals surface area contributed by atoms with Crippen molar-refractivity contribution in [3.63, 3.8) is 0 Å². The molecule has 32 heavy (non-hydrogen) atoms. The molecular weight excluding hydrogens is 400 g/mol. The zero-order valence-corrected chi connectivity index (χ0v) is 18.7. The number of likely N-dealkylation sites (tertiary alicyclic amines) is 1. The van der Waals surface area contributed by atoms with Crippen LogP contribution in [0.25, 0.3) is 0 Å². The highest BCUT2D eigenvalue weighted by Crippen LogP contribution is 2.33. The Morgan fingerprint density at radius 1 is 1.06 bits per heavy atom. The van der Waals surface area contributed by atoms with Crippen molar-refractivity contribution >= 4 is 11.7 Å². The van der Waals surface area contributed by atoms with Crippen molar-refractivity contribution in [3.8, 4) is 0 Å². The Morgan fingerprint density at radius 2 is 1.88 bits per heavy atom. The fourth-order valence-electron chi connectivity index (χ4n) is 4.37. The lowest BCUT2D eigenvalue weighted by molar-refractivity contribution is -0.125. The van der Waals surface area contributed by atoms with Crippen molar-refractivity contribution in [2.24, 2.45) is 13.0 Å². The minimum atomic E-state index is -0.0606. The van der Waals surface area contributed by atoms with E-state index in [2.05, 4.69) is 49.9 Å². The number of pyridine rings is 1. The minimum absolute atomic E-state index is 0.0606. The molecule has 0 unspecified atom stereocenters. The summed E-state index contributed by atoms with van der Waals surface area (Å²) >= 11 is 0. The second-order valence-corrected chi connectivity index (χ2v) is 8.48. The van der Waals surface area contributed by atoms with Crippen LogP contribution in [0, 0.1) is 5.92 Å². The van der Waals surface area contributed by atoms with Gasteiger partial charge < -0.3 is 10.6 Å². The number of nitrogens with zero attached hydrogens (tertiary/aromatic N) is 4. The number of carbonyl (C=O) groups is 1. The lowest BCUT2D eigenvalue weighted by Crippen LogP contribution is -2.35. The number of aromatic nitrogens is 3. The molecule has 168 valence electrons. The summed E-state index contributed by atoms with van der Waals surface area (Å²) in [6.45, 7) is 4.03. The van der Waals surface area contributed by atoms with Crippen molar-refractivity contribution in [1.29, 1.82) is 0 Å². The molecule has 3 heterocycles. The number of nitrogens with one attached hydrogen (secondary N) is 2. The highest BCUT2D eigenvalue weighted by molar-refractivity contribution is 5.80. The van der Waals surface area contributed by atoms with Gasteiger partial charge >= 0.3 is 0 Å². The molecule has 1 aromatic carbocycles. The SMILES string of the molecule is Cn1cc([C@@H]2CN(Cc3ccccc3)C[C@H]2C(=O)NCCCCNc2ccccn2)cn1. The van der Waals surface area contributed by atoms with Crippen LogP contribution in [-0.4, -0.2) is 51.8 Å².